The zero-order valence-electron chi connectivity index (χ0n) is 16.4. The molecule has 30 heavy (non-hydrogen) atoms. The van der Waals surface area contributed by atoms with Gasteiger partial charge >= 0.3 is 0 Å². The van der Waals surface area contributed by atoms with Gasteiger partial charge in [0.15, 0.2) is 0 Å². The number of nitrogens with zero attached hydrogens (tertiary/aromatic N) is 4. The van der Waals surface area contributed by atoms with E-state index >= 15 is 0 Å². The van der Waals surface area contributed by atoms with Crippen LogP contribution in [0.2, 0.25) is 0 Å². The Kier molecular flexibility index (Phi) is 4.92. The molecular weight excluding hydrogens is 387 g/mol. The van der Waals surface area contributed by atoms with Crippen LogP contribution in [-0.4, -0.2) is 58.5 Å². The average molecular weight is 408 g/mol. The number of carbonyl (C=O) groups excluding carboxylic acids is 1. The summed E-state index contributed by atoms with van der Waals surface area (Å²) < 4.78 is 25.9. The number of ether oxygens (including phenoxy) is 1. The maximum Gasteiger partial charge on any atom is 0.272 e. The lowest BCUT2D eigenvalue weighted by atomic mass is 10.1. The molecule has 3 aromatic heterocycles. The molecule has 0 radical (unpaired) electrons. The van der Waals surface area contributed by atoms with Crippen LogP contribution in [0.25, 0.3) is 33.1 Å². The lowest BCUT2D eigenvalue weighted by Crippen LogP contribution is -2.33. The van der Waals surface area contributed by atoms with Gasteiger partial charge in [-0.15, -0.1) is 0 Å². The van der Waals surface area contributed by atoms with E-state index in [1.807, 2.05) is 24.3 Å². The van der Waals surface area contributed by atoms with Crippen molar-refractivity contribution in [3.8, 4) is 11.3 Å². The Labute approximate surface area is 172 Å². The molecule has 1 fully saturated rings. The van der Waals surface area contributed by atoms with Crippen LogP contribution in [0.3, 0.4) is 0 Å². The van der Waals surface area contributed by atoms with Gasteiger partial charge in [-0.1, -0.05) is 18.2 Å². The van der Waals surface area contributed by atoms with E-state index in [1.54, 1.807) is 28.1 Å². The first-order chi connectivity index (χ1) is 14.8. The molecule has 0 unspecified atom stereocenters. The zero-order chi connectivity index (χ0) is 20.5. The lowest BCUT2D eigenvalue weighted by molar-refractivity contribution is 0.0735. The van der Waals surface area contributed by atoms with Crippen LogP contribution in [0.15, 0.2) is 47.2 Å². The molecule has 0 saturated carbocycles. The van der Waals surface area contributed by atoms with Gasteiger partial charge in [0.1, 0.15) is 29.9 Å². The molecule has 8 heteroatoms. The molecule has 1 aromatic carbocycles. The molecule has 0 aliphatic carbocycles. The molecule has 5 rings (SSSR count). The molecule has 4 heterocycles. The van der Waals surface area contributed by atoms with E-state index in [0.717, 1.165) is 28.3 Å². The van der Waals surface area contributed by atoms with Gasteiger partial charge in [-0.2, -0.15) is 5.10 Å². The molecule has 1 amide bonds. The highest BCUT2D eigenvalue weighted by molar-refractivity contribution is 6.03. The van der Waals surface area contributed by atoms with Crippen LogP contribution in [0.5, 0.6) is 0 Å². The molecule has 0 spiro atoms. The number of aromatic nitrogens is 3. The highest BCUT2D eigenvalue weighted by Crippen LogP contribution is 2.34. The summed E-state index contributed by atoms with van der Waals surface area (Å²) in [5.74, 6) is -0.147. The van der Waals surface area contributed by atoms with Gasteiger partial charge in [-0.05, 0) is 18.6 Å². The summed E-state index contributed by atoms with van der Waals surface area (Å²) in [6.07, 6.45) is 4.10. The standard InChI is InChI=1S/C22H21FN4O3/c23-6-8-27-19-12-18(22(28)26-7-3-10-29-11-9-26)24-13-16(19)21(25-27)17-14-30-20-5-2-1-4-15(17)20/h1-2,4-5,12-14H,3,6-11H2. The second-order valence-corrected chi connectivity index (χ2v) is 7.25. The SMILES string of the molecule is O=C(c1cc2c(cn1)c(-c1coc3ccccc13)nn2CCF)N1CCCOCC1. The number of para-hydroxylation sites is 1. The monoisotopic (exact) mass is 408 g/mol. The Hall–Kier alpha value is -3.26. The van der Waals surface area contributed by atoms with Gasteiger partial charge in [0.25, 0.3) is 5.91 Å². The van der Waals surface area contributed by atoms with Crippen LogP contribution in [0.1, 0.15) is 16.9 Å². The maximum absolute atomic E-state index is 13.2. The largest absolute Gasteiger partial charge is 0.464 e. The molecular formula is C22H21FN4O3. The van der Waals surface area contributed by atoms with E-state index in [1.165, 1.54) is 0 Å². The minimum atomic E-state index is -0.558. The fraction of sp³-hybridized carbons (Fsp3) is 0.318. The topological polar surface area (TPSA) is 73.4 Å². The third-order valence-electron chi connectivity index (χ3n) is 5.40. The lowest BCUT2D eigenvalue weighted by Gasteiger charge is -2.19. The van der Waals surface area contributed by atoms with Crippen molar-refractivity contribution in [3.63, 3.8) is 0 Å². The Morgan fingerprint density at radius 2 is 2.07 bits per heavy atom. The van der Waals surface area contributed by atoms with Crippen LogP contribution in [0.4, 0.5) is 4.39 Å². The average Bonchev–Trinajstić information content (AvgIpc) is 3.23. The number of carbonyl (C=O) groups is 1. The number of fused-ring (bicyclic) bond motifs is 2. The van der Waals surface area contributed by atoms with E-state index in [0.29, 0.717) is 43.2 Å². The van der Waals surface area contributed by atoms with Gasteiger partial charge in [0.05, 0.1) is 18.7 Å². The van der Waals surface area contributed by atoms with E-state index in [4.69, 9.17) is 9.15 Å². The Morgan fingerprint density at radius 3 is 2.97 bits per heavy atom. The number of aryl methyl sites for hydroxylation is 1. The molecule has 1 aliphatic rings. The molecule has 0 N–H and O–H groups in total. The van der Waals surface area contributed by atoms with Crippen molar-refractivity contribution in [3.05, 3.63) is 48.5 Å². The number of pyridine rings is 1. The van der Waals surface area contributed by atoms with Crippen molar-refractivity contribution in [1.29, 1.82) is 0 Å². The number of amides is 1. The summed E-state index contributed by atoms with van der Waals surface area (Å²) in [7, 11) is 0. The van der Waals surface area contributed by atoms with Crippen molar-refractivity contribution < 1.29 is 18.3 Å². The number of alkyl halides is 1. The van der Waals surface area contributed by atoms with Gasteiger partial charge in [-0.3, -0.25) is 14.5 Å². The fourth-order valence-corrected chi connectivity index (χ4v) is 3.91. The highest BCUT2D eigenvalue weighted by atomic mass is 19.1. The Balaban J connectivity index is 1.60. The fourth-order valence-electron chi connectivity index (χ4n) is 3.91. The summed E-state index contributed by atoms with van der Waals surface area (Å²) in [4.78, 5) is 19.1. The number of furan rings is 1. The van der Waals surface area contributed by atoms with Crippen LogP contribution in [0, 0.1) is 0 Å². The van der Waals surface area contributed by atoms with E-state index in [-0.39, 0.29) is 12.5 Å². The summed E-state index contributed by atoms with van der Waals surface area (Å²) in [6, 6.07) is 9.39. The van der Waals surface area contributed by atoms with Crippen LogP contribution < -0.4 is 0 Å². The molecule has 4 aromatic rings. The van der Waals surface area contributed by atoms with Crippen molar-refractivity contribution in [2.24, 2.45) is 0 Å². The minimum absolute atomic E-state index is 0.0987. The number of benzene rings is 1. The Bertz CT molecular complexity index is 1210. The predicted octanol–water partition coefficient (Wildman–Crippen LogP) is 3.68. The van der Waals surface area contributed by atoms with Crippen LogP contribution in [-0.2, 0) is 11.3 Å². The smallest absolute Gasteiger partial charge is 0.272 e. The van der Waals surface area contributed by atoms with Crippen molar-refractivity contribution in [1.82, 2.24) is 19.7 Å². The normalized spacial score (nSPS) is 15.0. The Morgan fingerprint density at radius 1 is 1.17 bits per heavy atom. The zero-order valence-corrected chi connectivity index (χ0v) is 16.4. The second-order valence-electron chi connectivity index (χ2n) is 7.25. The molecule has 1 aliphatic heterocycles. The third kappa shape index (κ3) is 3.23. The van der Waals surface area contributed by atoms with Crippen LogP contribution >= 0.6 is 0 Å². The maximum atomic E-state index is 13.2. The quantitative estimate of drug-likeness (QED) is 0.515. The molecule has 0 atom stereocenters. The molecule has 154 valence electrons. The van der Waals surface area contributed by atoms with Gasteiger partial charge in [-0.25, -0.2) is 4.39 Å². The first kappa shape index (κ1) is 18.7. The second kappa shape index (κ2) is 7.87. The van der Waals surface area contributed by atoms with Crippen molar-refractivity contribution in [2.75, 3.05) is 33.0 Å². The first-order valence-corrected chi connectivity index (χ1v) is 10.0. The minimum Gasteiger partial charge on any atom is -0.464 e. The van der Waals surface area contributed by atoms with E-state index in [9.17, 15) is 9.18 Å². The number of hydrogen-bond acceptors (Lipinski definition) is 5. The summed E-state index contributed by atoms with van der Waals surface area (Å²) in [5, 5.41) is 6.31. The third-order valence-corrected chi connectivity index (χ3v) is 5.40. The first-order valence-electron chi connectivity index (χ1n) is 10.0. The van der Waals surface area contributed by atoms with Gasteiger partial charge in [0.2, 0.25) is 0 Å². The summed E-state index contributed by atoms with van der Waals surface area (Å²) >= 11 is 0. The van der Waals surface area contributed by atoms with Gasteiger partial charge in [0, 0.05) is 42.2 Å². The summed E-state index contributed by atoms with van der Waals surface area (Å²) in [6.45, 7) is 1.88. The van der Waals surface area contributed by atoms with E-state index in [2.05, 4.69) is 10.1 Å². The number of halogens is 1. The summed E-state index contributed by atoms with van der Waals surface area (Å²) in [5.41, 5.74) is 3.24. The molecule has 0 bridgehead atoms. The number of rotatable bonds is 4. The van der Waals surface area contributed by atoms with Crippen molar-refractivity contribution in [2.45, 2.75) is 13.0 Å². The van der Waals surface area contributed by atoms with Gasteiger partial charge < -0.3 is 14.1 Å². The van der Waals surface area contributed by atoms with E-state index < -0.39 is 6.67 Å². The predicted molar refractivity (Wildman–Crippen MR) is 110 cm³/mol. The molecule has 7 nitrogen and oxygen atoms in total. The molecule has 1 saturated heterocycles. The number of hydrogen-bond donors (Lipinski definition) is 0. The highest BCUT2D eigenvalue weighted by Gasteiger charge is 2.22. The van der Waals surface area contributed by atoms with Crippen molar-refractivity contribution >= 4 is 27.8 Å².